The molecule has 1 amide bonds. The number of ether oxygens (including phenoxy) is 1. The van der Waals surface area contributed by atoms with Crippen LogP contribution in [0.5, 0.6) is 0 Å². The van der Waals surface area contributed by atoms with Crippen LogP contribution in [0.15, 0.2) is 11.6 Å². The number of carbonyl (C=O) groups excluding carboxylic acids is 1. The maximum absolute atomic E-state index is 13.2. The molecule has 0 aromatic carbocycles. The van der Waals surface area contributed by atoms with Crippen molar-refractivity contribution in [3.05, 3.63) is 16.6 Å². The van der Waals surface area contributed by atoms with Gasteiger partial charge in [0.1, 0.15) is 11.1 Å². The largest absolute Gasteiger partial charge is 0.367 e. The third kappa shape index (κ3) is 2.82. The van der Waals surface area contributed by atoms with Crippen LogP contribution in [-0.4, -0.2) is 54.0 Å². The van der Waals surface area contributed by atoms with Crippen LogP contribution in [0.4, 0.5) is 8.78 Å². The van der Waals surface area contributed by atoms with Crippen LogP contribution in [0, 0.1) is 0 Å². The SMILES string of the molecule is O=C(C1CC(F)(F)CN1)N1CCOC(c2nccs2)C1. The Hall–Kier alpha value is -1.12. The van der Waals surface area contributed by atoms with E-state index in [1.165, 1.54) is 11.3 Å². The van der Waals surface area contributed by atoms with E-state index in [9.17, 15) is 13.6 Å². The summed E-state index contributed by atoms with van der Waals surface area (Å²) < 4.78 is 31.9. The van der Waals surface area contributed by atoms with E-state index < -0.39 is 24.9 Å². The van der Waals surface area contributed by atoms with Crippen molar-refractivity contribution in [1.82, 2.24) is 15.2 Å². The predicted octanol–water partition coefficient (Wildman–Crippen LogP) is 1.04. The minimum absolute atomic E-state index is 0.255. The van der Waals surface area contributed by atoms with Gasteiger partial charge in [0.2, 0.25) is 5.91 Å². The Morgan fingerprint density at radius 3 is 3.10 bits per heavy atom. The summed E-state index contributed by atoms with van der Waals surface area (Å²) in [6.45, 7) is 0.781. The molecule has 8 heteroatoms. The summed E-state index contributed by atoms with van der Waals surface area (Å²) in [6, 6.07) is -0.792. The van der Waals surface area contributed by atoms with Crippen LogP contribution < -0.4 is 5.32 Å². The van der Waals surface area contributed by atoms with E-state index in [2.05, 4.69) is 10.3 Å². The quantitative estimate of drug-likeness (QED) is 0.887. The van der Waals surface area contributed by atoms with Crippen LogP contribution in [-0.2, 0) is 9.53 Å². The first kappa shape index (κ1) is 13.8. The van der Waals surface area contributed by atoms with Gasteiger partial charge in [-0.15, -0.1) is 11.3 Å². The molecular formula is C12H15F2N3O2S. The summed E-state index contributed by atoms with van der Waals surface area (Å²) in [7, 11) is 0. The first-order valence-corrected chi connectivity index (χ1v) is 7.34. The average molecular weight is 303 g/mol. The average Bonchev–Trinajstić information content (AvgIpc) is 3.07. The second-order valence-electron chi connectivity index (χ2n) is 5.01. The molecule has 1 aromatic rings. The van der Waals surface area contributed by atoms with Gasteiger partial charge in [0.15, 0.2) is 0 Å². The molecule has 5 nitrogen and oxygen atoms in total. The highest BCUT2D eigenvalue weighted by molar-refractivity contribution is 7.09. The molecule has 0 saturated carbocycles. The summed E-state index contributed by atoms with van der Waals surface area (Å²) >= 11 is 1.47. The van der Waals surface area contributed by atoms with Crippen LogP contribution in [0.3, 0.4) is 0 Å². The molecule has 3 rings (SSSR count). The molecule has 0 bridgehead atoms. The summed E-state index contributed by atoms with van der Waals surface area (Å²) in [5.41, 5.74) is 0. The number of hydrogen-bond acceptors (Lipinski definition) is 5. The van der Waals surface area contributed by atoms with Gasteiger partial charge in [-0.3, -0.25) is 10.1 Å². The molecule has 2 aliphatic heterocycles. The topological polar surface area (TPSA) is 54.5 Å². The van der Waals surface area contributed by atoms with E-state index in [1.54, 1.807) is 11.1 Å². The summed E-state index contributed by atoms with van der Waals surface area (Å²) in [5, 5.41) is 5.26. The number of halogens is 2. The second-order valence-corrected chi connectivity index (χ2v) is 5.93. The van der Waals surface area contributed by atoms with Crippen LogP contribution in [0.2, 0.25) is 0 Å². The van der Waals surface area contributed by atoms with Crippen molar-refractivity contribution >= 4 is 17.2 Å². The fourth-order valence-electron chi connectivity index (χ4n) is 2.50. The molecule has 2 fully saturated rings. The number of morpholine rings is 1. The zero-order valence-corrected chi connectivity index (χ0v) is 11.5. The normalized spacial score (nSPS) is 29.6. The number of alkyl halides is 2. The Bertz CT molecular complexity index is 483. The molecule has 2 atom stereocenters. The van der Waals surface area contributed by atoms with Gasteiger partial charge in [0, 0.05) is 24.5 Å². The van der Waals surface area contributed by atoms with Crippen molar-refractivity contribution < 1.29 is 18.3 Å². The van der Waals surface area contributed by atoms with Crippen molar-refractivity contribution in [2.75, 3.05) is 26.2 Å². The van der Waals surface area contributed by atoms with Crippen molar-refractivity contribution in [3.8, 4) is 0 Å². The van der Waals surface area contributed by atoms with Gasteiger partial charge in [0.25, 0.3) is 5.92 Å². The van der Waals surface area contributed by atoms with E-state index in [1.807, 2.05) is 5.38 Å². The van der Waals surface area contributed by atoms with Gasteiger partial charge in [-0.25, -0.2) is 13.8 Å². The molecule has 0 radical (unpaired) electrons. The Kier molecular flexibility index (Phi) is 3.70. The molecule has 0 spiro atoms. The monoisotopic (exact) mass is 303 g/mol. The maximum atomic E-state index is 13.2. The zero-order valence-electron chi connectivity index (χ0n) is 10.7. The van der Waals surface area contributed by atoms with Gasteiger partial charge >= 0.3 is 0 Å². The number of amides is 1. The van der Waals surface area contributed by atoms with Gasteiger partial charge in [-0.2, -0.15) is 0 Å². The lowest BCUT2D eigenvalue weighted by Gasteiger charge is -2.33. The molecule has 110 valence electrons. The third-order valence-electron chi connectivity index (χ3n) is 3.51. The molecule has 1 N–H and O–H groups in total. The first-order valence-electron chi connectivity index (χ1n) is 6.46. The molecule has 2 unspecified atom stereocenters. The third-order valence-corrected chi connectivity index (χ3v) is 4.38. The van der Waals surface area contributed by atoms with Gasteiger partial charge < -0.3 is 9.64 Å². The molecule has 20 heavy (non-hydrogen) atoms. The van der Waals surface area contributed by atoms with Crippen LogP contribution >= 0.6 is 11.3 Å². The minimum atomic E-state index is -2.79. The van der Waals surface area contributed by atoms with Gasteiger partial charge in [-0.1, -0.05) is 0 Å². The zero-order chi connectivity index (χ0) is 14.2. The van der Waals surface area contributed by atoms with Crippen molar-refractivity contribution in [2.45, 2.75) is 24.5 Å². The number of thiazole rings is 1. The standard InChI is InChI=1S/C12H15F2N3O2S/c13-12(14)5-8(16-7-12)11(18)17-2-3-19-9(6-17)10-15-1-4-20-10/h1,4,8-9,16H,2-3,5-7H2. The number of nitrogens with zero attached hydrogens (tertiary/aromatic N) is 2. The summed E-state index contributed by atoms with van der Waals surface area (Å²) in [6.07, 6.45) is 1.00. The lowest BCUT2D eigenvalue weighted by molar-refractivity contribution is -0.141. The fourth-order valence-corrected chi connectivity index (χ4v) is 3.18. The molecular weight excluding hydrogens is 288 g/mol. The lowest BCUT2D eigenvalue weighted by atomic mass is 10.1. The molecule has 1 aromatic heterocycles. The predicted molar refractivity (Wildman–Crippen MR) is 68.7 cm³/mol. The summed E-state index contributed by atoms with van der Waals surface area (Å²) in [4.78, 5) is 18.0. The molecule has 2 saturated heterocycles. The van der Waals surface area contributed by atoms with Crippen molar-refractivity contribution in [2.24, 2.45) is 0 Å². The van der Waals surface area contributed by atoms with Gasteiger partial charge in [-0.05, 0) is 0 Å². The smallest absolute Gasteiger partial charge is 0.262 e. The highest BCUT2D eigenvalue weighted by atomic mass is 32.1. The molecule has 0 aliphatic carbocycles. The molecule has 3 heterocycles. The Balaban J connectivity index is 1.64. The van der Waals surface area contributed by atoms with Crippen molar-refractivity contribution in [1.29, 1.82) is 0 Å². The van der Waals surface area contributed by atoms with E-state index in [0.717, 1.165) is 5.01 Å². The van der Waals surface area contributed by atoms with Gasteiger partial charge in [0.05, 0.1) is 25.7 Å². The van der Waals surface area contributed by atoms with Crippen LogP contribution in [0.25, 0.3) is 0 Å². The Morgan fingerprint density at radius 1 is 1.60 bits per heavy atom. The highest BCUT2D eigenvalue weighted by Crippen LogP contribution is 2.28. The first-order chi connectivity index (χ1) is 9.55. The number of nitrogens with one attached hydrogen (secondary N) is 1. The van der Waals surface area contributed by atoms with E-state index in [-0.39, 0.29) is 12.0 Å². The van der Waals surface area contributed by atoms with E-state index in [4.69, 9.17) is 4.74 Å². The number of carbonyl (C=O) groups is 1. The maximum Gasteiger partial charge on any atom is 0.262 e. The Labute approximate surface area is 118 Å². The van der Waals surface area contributed by atoms with E-state index >= 15 is 0 Å². The fraction of sp³-hybridized carbons (Fsp3) is 0.667. The number of hydrogen-bond donors (Lipinski definition) is 1. The summed E-state index contributed by atoms with van der Waals surface area (Å²) in [5.74, 6) is -3.06. The Morgan fingerprint density at radius 2 is 2.45 bits per heavy atom. The second kappa shape index (κ2) is 5.34. The van der Waals surface area contributed by atoms with Crippen molar-refractivity contribution in [3.63, 3.8) is 0 Å². The minimum Gasteiger partial charge on any atom is -0.367 e. The van der Waals surface area contributed by atoms with Crippen LogP contribution in [0.1, 0.15) is 17.5 Å². The highest BCUT2D eigenvalue weighted by Gasteiger charge is 2.44. The van der Waals surface area contributed by atoms with E-state index in [0.29, 0.717) is 19.7 Å². The number of rotatable bonds is 2. The number of aromatic nitrogens is 1. The lowest BCUT2D eigenvalue weighted by Crippen LogP contribution is -2.49. The molecule has 2 aliphatic rings.